The first-order valence-electron chi connectivity index (χ1n) is 8.24. The molecule has 4 nitrogen and oxygen atoms in total. The molecule has 4 aromatic rings. The summed E-state index contributed by atoms with van der Waals surface area (Å²) >= 11 is 6.08. The summed E-state index contributed by atoms with van der Waals surface area (Å²) < 4.78 is 19.6. The average molecular weight is 381 g/mol. The van der Waals surface area contributed by atoms with Gasteiger partial charge in [0.1, 0.15) is 11.3 Å². The van der Waals surface area contributed by atoms with Crippen LogP contribution in [-0.2, 0) is 0 Å². The van der Waals surface area contributed by atoms with Gasteiger partial charge in [0.25, 0.3) is 5.91 Å². The summed E-state index contributed by atoms with van der Waals surface area (Å²) in [6.07, 6.45) is 0. The molecule has 0 unspecified atom stereocenters. The zero-order valence-corrected chi connectivity index (χ0v) is 15.0. The van der Waals surface area contributed by atoms with Crippen LogP contribution < -0.4 is 5.32 Å². The van der Waals surface area contributed by atoms with E-state index < -0.39 is 5.82 Å². The maximum absolute atomic E-state index is 13.9. The van der Waals surface area contributed by atoms with E-state index in [1.54, 1.807) is 54.6 Å². The molecule has 0 spiro atoms. The van der Waals surface area contributed by atoms with Crippen molar-refractivity contribution in [3.05, 3.63) is 82.6 Å². The Hall–Kier alpha value is -3.18. The Balaban J connectivity index is 1.62. The van der Waals surface area contributed by atoms with Gasteiger partial charge in [0.2, 0.25) is 5.89 Å². The van der Waals surface area contributed by atoms with Gasteiger partial charge >= 0.3 is 0 Å². The molecule has 0 aliphatic carbocycles. The number of hydrogen-bond donors (Lipinski definition) is 1. The minimum absolute atomic E-state index is 0.192. The molecule has 6 heteroatoms. The highest BCUT2D eigenvalue weighted by Gasteiger charge is 2.13. The lowest BCUT2D eigenvalue weighted by atomic mass is 10.1. The van der Waals surface area contributed by atoms with E-state index in [0.717, 1.165) is 5.56 Å². The molecular formula is C21H14ClFN2O2. The van der Waals surface area contributed by atoms with Crippen LogP contribution in [0.15, 0.2) is 65.1 Å². The topological polar surface area (TPSA) is 55.1 Å². The number of carbonyl (C=O) groups excluding carboxylic acids is 1. The lowest BCUT2D eigenvalue weighted by molar-refractivity contribution is 0.102. The number of nitrogens with one attached hydrogen (secondary N) is 1. The summed E-state index contributed by atoms with van der Waals surface area (Å²) in [7, 11) is 0. The Kier molecular flexibility index (Phi) is 4.38. The molecule has 0 fully saturated rings. The molecule has 0 saturated carbocycles. The van der Waals surface area contributed by atoms with Gasteiger partial charge in [-0.1, -0.05) is 29.8 Å². The number of rotatable bonds is 3. The van der Waals surface area contributed by atoms with Crippen LogP contribution in [0.2, 0.25) is 5.02 Å². The predicted octanol–water partition coefficient (Wildman–Crippen LogP) is 5.85. The quantitative estimate of drug-likeness (QED) is 0.485. The van der Waals surface area contributed by atoms with Crippen LogP contribution >= 0.6 is 11.6 Å². The van der Waals surface area contributed by atoms with Crippen molar-refractivity contribution in [2.24, 2.45) is 0 Å². The zero-order valence-electron chi connectivity index (χ0n) is 14.3. The van der Waals surface area contributed by atoms with Crippen molar-refractivity contribution in [1.82, 2.24) is 4.98 Å². The van der Waals surface area contributed by atoms with E-state index in [4.69, 9.17) is 16.0 Å². The molecule has 1 amide bonds. The van der Waals surface area contributed by atoms with Gasteiger partial charge in [0, 0.05) is 16.3 Å². The summed E-state index contributed by atoms with van der Waals surface area (Å²) in [5.74, 6) is -0.500. The molecule has 0 aliphatic rings. The molecule has 27 heavy (non-hydrogen) atoms. The minimum atomic E-state index is -0.408. The summed E-state index contributed by atoms with van der Waals surface area (Å²) in [6.45, 7) is 1.87. The monoisotopic (exact) mass is 380 g/mol. The molecule has 1 aromatic heterocycles. The second kappa shape index (κ2) is 6.85. The number of nitrogens with zero attached hydrogens (tertiary/aromatic N) is 1. The molecule has 0 atom stereocenters. The second-order valence-electron chi connectivity index (χ2n) is 6.10. The van der Waals surface area contributed by atoms with Gasteiger partial charge in [-0.25, -0.2) is 9.37 Å². The number of amides is 1. The maximum atomic E-state index is 13.9. The van der Waals surface area contributed by atoms with Gasteiger partial charge in [-0.2, -0.15) is 0 Å². The van der Waals surface area contributed by atoms with Gasteiger partial charge in [-0.3, -0.25) is 4.79 Å². The first-order valence-corrected chi connectivity index (χ1v) is 8.62. The first kappa shape index (κ1) is 17.2. The van der Waals surface area contributed by atoms with Gasteiger partial charge < -0.3 is 9.73 Å². The fraction of sp³-hybridized carbons (Fsp3) is 0.0476. The van der Waals surface area contributed by atoms with E-state index in [1.165, 1.54) is 6.07 Å². The second-order valence-corrected chi connectivity index (χ2v) is 6.51. The van der Waals surface area contributed by atoms with Crippen molar-refractivity contribution in [2.45, 2.75) is 6.92 Å². The number of fused-ring (bicyclic) bond motifs is 1. The van der Waals surface area contributed by atoms with Crippen molar-refractivity contribution in [1.29, 1.82) is 0 Å². The largest absolute Gasteiger partial charge is 0.436 e. The number of benzene rings is 3. The number of aromatic nitrogens is 1. The minimum Gasteiger partial charge on any atom is -0.436 e. The Bertz CT molecular complexity index is 1170. The molecule has 1 N–H and O–H groups in total. The smallest absolute Gasteiger partial charge is 0.255 e. The Labute approximate surface area is 159 Å². The first-order chi connectivity index (χ1) is 13.0. The molecular weight excluding hydrogens is 367 g/mol. The normalized spacial score (nSPS) is 10.9. The van der Waals surface area contributed by atoms with Crippen LogP contribution in [0.5, 0.6) is 0 Å². The fourth-order valence-electron chi connectivity index (χ4n) is 2.69. The van der Waals surface area contributed by atoms with Crippen LogP contribution in [0.4, 0.5) is 10.1 Å². The molecule has 1 heterocycles. The summed E-state index contributed by atoms with van der Waals surface area (Å²) in [6, 6.07) is 16.5. The third kappa shape index (κ3) is 3.41. The summed E-state index contributed by atoms with van der Waals surface area (Å²) in [5, 5.41) is 3.34. The number of carbonyl (C=O) groups is 1. The van der Waals surface area contributed by atoms with Crippen molar-refractivity contribution >= 4 is 34.3 Å². The lowest BCUT2D eigenvalue weighted by Gasteiger charge is -2.06. The van der Waals surface area contributed by atoms with E-state index in [9.17, 15) is 9.18 Å². The third-order valence-electron chi connectivity index (χ3n) is 4.18. The van der Waals surface area contributed by atoms with E-state index in [0.29, 0.717) is 27.4 Å². The number of anilines is 1. The van der Waals surface area contributed by atoms with Crippen LogP contribution in [0.1, 0.15) is 15.9 Å². The highest BCUT2D eigenvalue weighted by Crippen LogP contribution is 2.28. The van der Waals surface area contributed by atoms with Crippen LogP contribution in [0.25, 0.3) is 22.6 Å². The number of halogens is 2. The Morgan fingerprint density at radius 2 is 1.93 bits per heavy atom. The Morgan fingerprint density at radius 1 is 1.11 bits per heavy atom. The van der Waals surface area contributed by atoms with Crippen molar-refractivity contribution in [3.8, 4) is 11.5 Å². The summed E-state index contributed by atoms with van der Waals surface area (Å²) in [5.41, 5.74) is 3.22. The molecule has 0 aliphatic heterocycles. The van der Waals surface area contributed by atoms with Crippen LogP contribution in [0.3, 0.4) is 0 Å². The number of oxazole rings is 1. The highest BCUT2D eigenvalue weighted by molar-refractivity contribution is 6.31. The predicted molar refractivity (Wildman–Crippen MR) is 104 cm³/mol. The molecule has 4 rings (SSSR count). The van der Waals surface area contributed by atoms with Crippen molar-refractivity contribution in [2.75, 3.05) is 5.32 Å². The van der Waals surface area contributed by atoms with E-state index >= 15 is 0 Å². The van der Waals surface area contributed by atoms with Gasteiger partial charge in [-0.15, -0.1) is 0 Å². The number of hydrogen-bond acceptors (Lipinski definition) is 3. The molecule has 3 aromatic carbocycles. The average Bonchev–Trinajstić information content (AvgIpc) is 3.07. The highest BCUT2D eigenvalue weighted by atomic mass is 35.5. The van der Waals surface area contributed by atoms with Gasteiger partial charge in [0.05, 0.1) is 5.56 Å². The lowest BCUT2D eigenvalue weighted by Crippen LogP contribution is -2.11. The molecule has 0 bridgehead atoms. The molecule has 0 saturated heterocycles. The van der Waals surface area contributed by atoms with Crippen LogP contribution in [-0.4, -0.2) is 10.9 Å². The van der Waals surface area contributed by atoms with Crippen molar-refractivity contribution < 1.29 is 13.6 Å². The van der Waals surface area contributed by atoms with Gasteiger partial charge in [-0.05, 0) is 55.0 Å². The van der Waals surface area contributed by atoms with Crippen molar-refractivity contribution in [3.63, 3.8) is 0 Å². The molecule has 0 radical (unpaired) electrons. The van der Waals surface area contributed by atoms with Crippen LogP contribution in [0, 0.1) is 12.7 Å². The van der Waals surface area contributed by atoms with E-state index in [2.05, 4.69) is 10.3 Å². The zero-order chi connectivity index (χ0) is 19.0. The standard InChI is InChI=1S/C21H14ClFN2O2/c1-12-6-7-13(10-16(12)22)20(26)24-14-8-9-19-18(11-14)25-21(27-19)15-4-2-3-5-17(15)23/h2-11H,1H3,(H,24,26). The number of aryl methyl sites for hydroxylation is 1. The third-order valence-corrected chi connectivity index (χ3v) is 4.59. The fourth-order valence-corrected chi connectivity index (χ4v) is 2.87. The van der Waals surface area contributed by atoms with Gasteiger partial charge in [0.15, 0.2) is 5.58 Å². The maximum Gasteiger partial charge on any atom is 0.255 e. The molecule has 134 valence electrons. The summed E-state index contributed by atoms with van der Waals surface area (Å²) in [4.78, 5) is 16.8. The SMILES string of the molecule is Cc1ccc(C(=O)Nc2ccc3oc(-c4ccccc4F)nc3c2)cc1Cl. The Morgan fingerprint density at radius 3 is 2.70 bits per heavy atom. The van der Waals surface area contributed by atoms with E-state index in [-0.39, 0.29) is 17.4 Å². The van der Waals surface area contributed by atoms with E-state index in [1.807, 2.05) is 6.92 Å².